The van der Waals surface area contributed by atoms with E-state index in [1.807, 2.05) is 24.3 Å². The van der Waals surface area contributed by atoms with Crippen LogP contribution in [0.1, 0.15) is 11.3 Å². The monoisotopic (exact) mass is 324 g/mol. The fourth-order valence-corrected chi connectivity index (χ4v) is 2.82. The number of benzene rings is 1. The summed E-state index contributed by atoms with van der Waals surface area (Å²) in [6, 6.07) is 7.42. The minimum Gasteiger partial charge on any atom is -0.497 e. The lowest BCUT2D eigenvalue weighted by molar-refractivity contribution is 0.415. The second kappa shape index (κ2) is 5.52. The van der Waals surface area contributed by atoms with Gasteiger partial charge in [-0.15, -0.1) is 0 Å². The molecule has 1 aromatic carbocycles. The van der Waals surface area contributed by atoms with E-state index in [1.165, 1.54) is 0 Å². The number of aliphatic imine (C=N–C) groups is 2. The van der Waals surface area contributed by atoms with Crippen LogP contribution in [0.5, 0.6) is 5.75 Å². The normalized spacial score (nSPS) is 14.7. The third-order valence-electron chi connectivity index (χ3n) is 3.84. The molecule has 1 aliphatic heterocycles. The van der Waals surface area contributed by atoms with Crippen molar-refractivity contribution in [1.82, 2.24) is 4.98 Å². The van der Waals surface area contributed by atoms with E-state index in [0.29, 0.717) is 11.4 Å². The lowest BCUT2D eigenvalue weighted by Gasteiger charge is -2.18. The van der Waals surface area contributed by atoms with E-state index in [9.17, 15) is 0 Å². The summed E-state index contributed by atoms with van der Waals surface area (Å²) in [6.07, 6.45) is 6.05. The van der Waals surface area contributed by atoms with Crippen LogP contribution in [0.25, 0.3) is 6.08 Å². The van der Waals surface area contributed by atoms with Crippen LogP contribution in [0.2, 0.25) is 5.02 Å². The van der Waals surface area contributed by atoms with Gasteiger partial charge in [0.05, 0.1) is 34.9 Å². The average molecular weight is 325 g/mol. The molecule has 0 saturated carbocycles. The Kier molecular flexibility index (Phi) is 3.35. The molecule has 5 nitrogen and oxygen atoms in total. The lowest BCUT2D eigenvalue weighted by atomic mass is 9.97. The third-order valence-corrected chi connectivity index (χ3v) is 4.17. The maximum atomic E-state index is 6.28. The standard InChI is InChI=1S/C17H13ClN4O/c1-23-10-2-3-12(18)15(6-10)22-13-4-5-19-14-8-17-16(7-11(13)14)20-9-21-17/h2-7,9H,8H2,1H3,(H,19,22). The largest absolute Gasteiger partial charge is 0.497 e. The molecule has 2 aliphatic rings. The van der Waals surface area contributed by atoms with Gasteiger partial charge in [0.2, 0.25) is 0 Å². The number of nitrogens with one attached hydrogen (secondary N) is 1. The second-order valence-corrected chi connectivity index (χ2v) is 5.62. The molecule has 0 radical (unpaired) electrons. The van der Waals surface area contributed by atoms with Crippen molar-refractivity contribution in [3.8, 4) is 5.75 Å². The minimum atomic E-state index is 0.626. The van der Waals surface area contributed by atoms with Gasteiger partial charge in [-0.1, -0.05) is 11.6 Å². The maximum absolute atomic E-state index is 6.28. The van der Waals surface area contributed by atoms with Crippen molar-refractivity contribution in [2.75, 3.05) is 12.4 Å². The van der Waals surface area contributed by atoms with Crippen molar-refractivity contribution in [2.45, 2.75) is 6.42 Å². The van der Waals surface area contributed by atoms with Gasteiger partial charge < -0.3 is 10.1 Å². The Bertz CT molecular complexity index is 886. The zero-order chi connectivity index (χ0) is 15.8. The number of allylic oxidation sites excluding steroid dienone is 1. The number of nitrogens with zero attached hydrogens (tertiary/aromatic N) is 3. The Labute approximate surface area is 138 Å². The third kappa shape index (κ3) is 2.49. The molecule has 1 aromatic heterocycles. The summed E-state index contributed by atoms with van der Waals surface area (Å²) in [4.78, 5) is 13.0. The molecule has 0 atom stereocenters. The van der Waals surface area contributed by atoms with Crippen LogP contribution in [0.4, 0.5) is 11.4 Å². The first-order valence-corrected chi connectivity index (χ1v) is 7.52. The number of rotatable bonds is 3. The summed E-state index contributed by atoms with van der Waals surface area (Å²) < 4.78 is 5.26. The highest BCUT2D eigenvalue weighted by Gasteiger charge is 2.22. The molecule has 114 valence electrons. The van der Waals surface area contributed by atoms with E-state index >= 15 is 0 Å². The van der Waals surface area contributed by atoms with Crippen molar-refractivity contribution >= 4 is 41.1 Å². The Morgan fingerprint density at radius 3 is 3.00 bits per heavy atom. The van der Waals surface area contributed by atoms with E-state index in [-0.39, 0.29) is 0 Å². The van der Waals surface area contributed by atoms with Gasteiger partial charge >= 0.3 is 0 Å². The van der Waals surface area contributed by atoms with Crippen LogP contribution in [-0.2, 0) is 6.42 Å². The maximum Gasteiger partial charge on any atom is 0.121 e. The first-order valence-electron chi connectivity index (χ1n) is 7.14. The van der Waals surface area contributed by atoms with Gasteiger partial charge in [0.1, 0.15) is 12.1 Å². The molecule has 0 spiro atoms. The fourth-order valence-electron chi connectivity index (χ4n) is 2.65. The van der Waals surface area contributed by atoms with Crippen molar-refractivity contribution in [2.24, 2.45) is 9.98 Å². The zero-order valence-electron chi connectivity index (χ0n) is 12.4. The molecule has 6 heteroatoms. The summed E-state index contributed by atoms with van der Waals surface area (Å²) in [5, 5.41) is 3.99. The fraction of sp³-hybridized carbons (Fsp3) is 0.118. The number of pyridine rings is 1. The van der Waals surface area contributed by atoms with Gasteiger partial charge in [-0.05, 0) is 24.3 Å². The number of halogens is 1. The Hall–Kier alpha value is -2.66. The van der Waals surface area contributed by atoms with Crippen LogP contribution < -0.4 is 10.1 Å². The molecular formula is C17H13ClN4O. The smallest absolute Gasteiger partial charge is 0.121 e. The minimum absolute atomic E-state index is 0.626. The van der Waals surface area contributed by atoms with Gasteiger partial charge in [0.15, 0.2) is 0 Å². The van der Waals surface area contributed by atoms with Gasteiger partial charge in [0.25, 0.3) is 0 Å². The Balaban J connectivity index is 1.75. The van der Waals surface area contributed by atoms with E-state index < -0.39 is 0 Å². The predicted octanol–water partition coefficient (Wildman–Crippen LogP) is 3.87. The average Bonchev–Trinajstić information content (AvgIpc) is 3.02. The number of anilines is 2. The molecule has 4 rings (SSSR count). The van der Waals surface area contributed by atoms with Crippen LogP contribution in [0.15, 0.2) is 46.1 Å². The Morgan fingerprint density at radius 2 is 2.13 bits per heavy atom. The quantitative estimate of drug-likeness (QED) is 0.932. The number of ether oxygens (including phenoxy) is 1. The van der Waals surface area contributed by atoms with Crippen molar-refractivity contribution in [1.29, 1.82) is 0 Å². The molecule has 0 saturated heterocycles. The number of hydrogen-bond donors (Lipinski definition) is 1. The molecule has 1 N–H and O–H groups in total. The van der Waals surface area contributed by atoms with E-state index in [4.69, 9.17) is 16.3 Å². The zero-order valence-corrected chi connectivity index (χ0v) is 13.1. The molecule has 1 aliphatic carbocycles. The van der Waals surface area contributed by atoms with Crippen LogP contribution in [-0.4, -0.2) is 24.1 Å². The van der Waals surface area contributed by atoms with Crippen LogP contribution in [0, 0.1) is 0 Å². The summed E-state index contributed by atoms with van der Waals surface area (Å²) in [5.41, 5.74) is 5.55. The van der Waals surface area contributed by atoms with Crippen molar-refractivity contribution < 1.29 is 4.74 Å². The van der Waals surface area contributed by atoms with Gasteiger partial charge in [-0.25, -0.2) is 9.98 Å². The number of aromatic nitrogens is 1. The van der Waals surface area contributed by atoms with Crippen LogP contribution in [0.3, 0.4) is 0 Å². The summed E-state index contributed by atoms with van der Waals surface area (Å²) in [7, 11) is 1.63. The van der Waals surface area contributed by atoms with Gasteiger partial charge in [-0.3, -0.25) is 4.98 Å². The summed E-state index contributed by atoms with van der Waals surface area (Å²) >= 11 is 6.28. The second-order valence-electron chi connectivity index (χ2n) is 5.22. The summed E-state index contributed by atoms with van der Waals surface area (Å²) in [5.74, 6) is 0.744. The molecule has 2 heterocycles. The molecule has 0 unspecified atom stereocenters. The van der Waals surface area contributed by atoms with E-state index in [0.717, 1.165) is 39.8 Å². The molecule has 0 amide bonds. The van der Waals surface area contributed by atoms with E-state index in [1.54, 1.807) is 25.7 Å². The lowest BCUT2D eigenvalue weighted by Crippen LogP contribution is -2.12. The van der Waals surface area contributed by atoms with Crippen LogP contribution >= 0.6 is 11.6 Å². The predicted molar refractivity (Wildman–Crippen MR) is 93.1 cm³/mol. The van der Waals surface area contributed by atoms with Gasteiger partial charge in [0, 0.05) is 29.9 Å². The highest BCUT2D eigenvalue weighted by molar-refractivity contribution is 6.33. The number of fused-ring (bicyclic) bond motifs is 2. The topological polar surface area (TPSA) is 58.9 Å². The number of hydrogen-bond acceptors (Lipinski definition) is 5. The van der Waals surface area contributed by atoms with Crippen molar-refractivity contribution in [3.63, 3.8) is 0 Å². The molecule has 0 fully saturated rings. The molecule has 0 bridgehead atoms. The van der Waals surface area contributed by atoms with E-state index in [2.05, 4.69) is 20.3 Å². The highest BCUT2D eigenvalue weighted by Crippen LogP contribution is 2.34. The number of methoxy groups -OCH3 is 1. The molecular weight excluding hydrogens is 312 g/mol. The Morgan fingerprint density at radius 1 is 1.22 bits per heavy atom. The van der Waals surface area contributed by atoms with Gasteiger partial charge in [-0.2, -0.15) is 0 Å². The first kappa shape index (κ1) is 14.0. The summed E-state index contributed by atoms with van der Waals surface area (Å²) in [6.45, 7) is 0. The molecule has 23 heavy (non-hydrogen) atoms. The highest BCUT2D eigenvalue weighted by atomic mass is 35.5. The first-order chi connectivity index (χ1) is 11.2. The molecule has 2 aromatic rings. The SMILES string of the molecule is COc1ccc(Cl)c(Nc2ccnc3c2C=C2N=CN=C2C3)c1. The van der Waals surface area contributed by atoms with Crippen molar-refractivity contribution in [3.05, 3.63) is 52.4 Å².